The minimum atomic E-state index is -0.823. The highest BCUT2D eigenvalue weighted by molar-refractivity contribution is 6.30. The van der Waals surface area contributed by atoms with Crippen molar-refractivity contribution >= 4 is 28.5 Å². The molecule has 1 heterocycles. The molecule has 3 nitrogen and oxygen atoms in total. The number of carbonyl (C=O) groups is 1. The summed E-state index contributed by atoms with van der Waals surface area (Å²) in [6, 6.07) is 7.39. The second-order valence-electron chi connectivity index (χ2n) is 3.49. The van der Waals surface area contributed by atoms with Crippen LogP contribution in [0.5, 0.6) is 0 Å². The molecule has 0 radical (unpaired) electrons. The first kappa shape index (κ1) is 10.1. The molecule has 1 N–H and O–H groups in total. The van der Waals surface area contributed by atoms with Crippen molar-refractivity contribution in [2.75, 3.05) is 0 Å². The zero-order valence-corrected chi connectivity index (χ0v) is 8.95. The highest BCUT2D eigenvalue weighted by Crippen LogP contribution is 2.23. The zero-order valence-electron chi connectivity index (χ0n) is 8.20. The summed E-state index contributed by atoms with van der Waals surface area (Å²) in [6.07, 6.45) is 0.0441. The van der Waals surface area contributed by atoms with Gasteiger partial charge in [0.05, 0.1) is 6.42 Å². The number of halogens is 1. The molecule has 0 unspecified atom stereocenters. The Morgan fingerprint density at radius 1 is 1.47 bits per heavy atom. The molecular formula is C11H10ClNO2. The molecule has 1 aromatic heterocycles. The lowest BCUT2D eigenvalue weighted by molar-refractivity contribution is -0.136. The van der Waals surface area contributed by atoms with Crippen molar-refractivity contribution < 1.29 is 9.90 Å². The summed E-state index contributed by atoms with van der Waals surface area (Å²) in [5.74, 6) is -0.823. The van der Waals surface area contributed by atoms with Gasteiger partial charge < -0.3 is 9.67 Å². The van der Waals surface area contributed by atoms with Crippen LogP contribution < -0.4 is 0 Å². The summed E-state index contributed by atoms with van der Waals surface area (Å²) < 4.78 is 1.86. The molecule has 0 atom stereocenters. The second kappa shape index (κ2) is 3.59. The number of carboxylic acids is 1. The number of hydrogen-bond donors (Lipinski definition) is 1. The largest absolute Gasteiger partial charge is 0.481 e. The molecule has 0 amide bonds. The van der Waals surface area contributed by atoms with Gasteiger partial charge in [-0.3, -0.25) is 4.79 Å². The third-order valence-electron chi connectivity index (χ3n) is 2.40. The summed E-state index contributed by atoms with van der Waals surface area (Å²) in [7, 11) is 1.88. The van der Waals surface area contributed by atoms with E-state index in [1.165, 1.54) is 0 Å². The average molecular weight is 224 g/mol. The van der Waals surface area contributed by atoms with Crippen molar-refractivity contribution in [1.29, 1.82) is 0 Å². The molecule has 0 aliphatic rings. The fourth-order valence-corrected chi connectivity index (χ4v) is 1.86. The van der Waals surface area contributed by atoms with Crippen LogP contribution in [0.3, 0.4) is 0 Å². The first-order chi connectivity index (χ1) is 7.08. The Morgan fingerprint density at radius 3 is 2.87 bits per heavy atom. The van der Waals surface area contributed by atoms with Gasteiger partial charge in [0.1, 0.15) is 5.15 Å². The van der Waals surface area contributed by atoms with Crippen molar-refractivity contribution in [1.82, 2.24) is 4.57 Å². The maximum Gasteiger partial charge on any atom is 0.307 e. The lowest BCUT2D eigenvalue weighted by Crippen LogP contribution is -1.99. The topological polar surface area (TPSA) is 42.2 Å². The molecule has 2 aromatic rings. The van der Waals surface area contributed by atoms with Gasteiger partial charge >= 0.3 is 5.97 Å². The molecule has 1 aromatic carbocycles. The van der Waals surface area contributed by atoms with E-state index in [0.717, 1.165) is 16.5 Å². The molecule has 0 saturated heterocycles. The van der Waals surface area contributed by atoms with Gasteiger partial charge in [0.2, 0.25) is 0 Å². The zero-order chi connectivity index (χ0) is 11.0. The number of fused-ring (bicyclic) bond motifs is 1. The summed E-state index contributed by atoms with van der Waals surface area (Å²) in [4.78, 5) is 10.5. The fourth-order valence-electron chi connectivity index (χ4n) is 1.65. The highest BCUT2D eigenvalue weighted by Gasteiger charge is 2.06. The second-order valence-corrected chi connectivity index (χ2v) is 3.88. The van der Waals surface area contributed by atoms with E-state index < -0.39 is 5.97 Å². The van der Waals surface area contributed by atoms with E-state index in [9.17, 15) is 4.79 Å². The smallest absolute Gasteiger partial charge is 0.307 e. The van der Waals surface area contributed by atoms with Gasteiger partial charge in [-0.05, 0) is 23.8 Å². The predicted octanol–water partition coefficient (Wildman–Crippen LogP) is 2.46. The highest BCUT2D eigenvalue weighted by atomic mass is 35.5. The first-order valence-electron chi connectivity index (χ1n) is 4.53. The Labute approximate surface area is 91.9 Å². The molecule has 0 spiro atoms. The average Bonchev–Trinajstić information content (AvgIpc) is 2.41. The molecular weight excluding hydrogens is 214 g/mol. The number of aliphatic carboxylic acids is 1. The van der Waals surface area contributed by atoms with E-state index in [-0.39, 0.29) is 6.42 Å². The van der Waals surface area contributed by atoms with E-state index >= 15 is 0 Å². The van der Waals surface area contributed by atoms with E-state index in [1.54, 1.807) is 0 Å². The third-order valence-corrected chi connectivity index (χ3v) is 2.77. The number of rotatable bonds is 2. The number of carboxylic acid groups (broad SMARTS) is 1. The van der Waals surface area contributed by atoms with Crippen LogP contribution in [0.15, 0.2) is 24.3 Å². The summed E-state index contributed by atoms with van der Waals surface area (Å²) in [6.45, 7) is 0. The number of aryl methyl sites for hydroxylation is 1. The molecule has 0 aliphatic heterocycles. The molecule has 0 bridgehead atoms. The van der Waals surface area contributed by atoms with Crippen LogP contribution in [0, 0.1) is 0 Å². The monoisotopic (exact) mass is 223 g/mol. The predicted molar refractivity (Wildman–Crippen MR) is 59.3 cm³/mol. The molecule has 0 fully saturated rings. The standard InChI is InChI=1S/C11H10ClNO2/c1-13-9-3-2-7(5-11(14)15)4-8(9)6-10(13)12/h2-4,6H,5H2,1H3,(H,14,15). The van der Waals surface area contributed by atoms with Gasteiger partial charge in [-0.1, -0.05) is 17.7 Å². The van der Waals surface area contributed by atoms with E-state index in [1.807, 2.05) is 35.9 Å². The van der Waals surface area contributed by atoms with Gasteiger partial charge in [0, 0.05) is 18.0 Å². The Balaban J connectivity index is 2.52. The van der Waals surface area contributed by atoms with E-state index in [2.05, 4.69) is 0 Å². The quantitative estimate of drug-likeness (QED) is 0.850. The Bertz CT molecular complexity index is 531. The van der Waals surface area contributed by atoms with Crippen molar-refractivity contribution in [2.45, 2.75) is 6.42 Å². The van der Waals surface area contributed by atoms with Crippen LogP contribution >= 0.6 is 11.6 Å². The lowest BCUT2D eigenvalue weighted by Gasteiger charge is -1.99. The number of benzene rings is 1. The van der Waals surface area contributed by atoms with Crippen LogP contribution in [-0.2, 0) is 18.3 Å². The first-order valence-corrected chi connectivity index (χ1v) is 4.91. The van der Waals surface area contributed by atoms with Gasteiger partial charge in [0.25, 0.3) is 0 Å². The van der Waals surface area contributed by atoms with Crippen LogP contribution in [0.1, 0.15) is 5.56 Å². The Morgan fingerprint density at radius 2 is 2.20 bits per heavy atom. The van der Waals surface area contributed by atoms with Crippen LogP contribution in [0.4, 0.5) is 0 Å². The van der Waals surface area contributed by atoms with Gasteiger partial charge in [0.15, 0.2) is 0 Å². The van der Waals surface area contributed by atoms with Crippen molar-refractivity contribution in [3.8, 4) is 0 Å². The molecule has 4 heteroatoms. The minimum absolute atomic E-state index is 0.0441. The van der Waals surface area contributed by atoms with E-state index in [4.69, 9.17) is 16.7 Å². The fraction of sp³-hybridized carbons (Fsp3) is 0.182. The van der Waals surface area contributed by atoms with Gasteiger partial charge in [-0.15, -0.1) is 0 Å². The molecule has 15 heavy (non-hydrogen) atoms. The lowest BCUT2D eigenvalue weighted by atomic mass is 10.1. The normalized spacial score (nSPS) is 10.8. The van der Waals surface area contributed by atoms with Crippen LogP contribution in [0.2, 0.25) is 5.15 Å². The summed E-state index contributed by atoms with van der Waals surface area (Å²) >= 11 is 5.96. The van der Waals surface area contributed by atoms with Crippen molar-refractivity contribution in [3.05, 3.63) is 35.0 Å². The number of nitrogens with zero attached hydrogens (tertiary/aromatic N) is 1. The van der Waals surface area contributed by atoms with Crippen molar-refractivity contribution in [3.63, 3.8) is 0 Å². The molecule has 0 aliphatic carbocycles. The Hall–Kier alpha value is -1.48. The minimum Gasteiger partial charge on any atom is -0.481 e. The van der Waals surface area contributed by atoms with Crippen molar-refractivity contribution in [2.24, 2.45) is 7.05 Å². The van der Waals surface area contributed by atoms with Gasteiger partial charge in [-0.25, -0.2) is 0 Å². The summed E-state index contributed by atoms with van der Waals surface area (Å²) in [5.41, 5.74) is 1.80. The number of aromatic nitrogens is 1. The molecule has 2 rings (SSSR count). The van der Waals surface area contributed by atoms with Gasteiger partial charge in [-0.2, -0.15) is 0 Å². The number of hydrogen-bond acceptors (Lipinski definition) is 1. The molecule has 78 valence electrons. The Kier molecular flexibility index (Phi) is 2.40. The van der Waals surface area contributed by atoms with Crippen LogP contribution in [0.25, 0.3) is 10.9 Å². The van der Waals surface area contributed by atoms with Crippen LogP contribution in [-0.4, -0.2) is 15.6 Å². The maximum atomic E-state index is 10.5. The molecule has 0 saturated carbocycles. The summed E-state index contributed by atoms with van der Waals surface area (Å²) in [5, 5.41) is 10.3. The van der Waals surface area contributed by atoms with E-state index in [0.29, 0.717) is 5.15 Å². The third kappa shape index (κ3) is 1.83. The maximum absolute atomic E-state index is 10.5. The SMILES string of the molecule is Cn1c(Cl)cc2cc(CC(=O)O)ccc21.